The largest absolute Gasteiger partial charge is 0.507 e. The highest BCUT2D eigenvalue weighted by Crippen LogP contribution is 2.54. The molecule has 1 fully saturated rings. The predicted octanol–water partition coefficient (Wildman–Crippen LogP) is 3.94. The van der Waals surface area contributed by atoms with Crippen molar-refractivity contribution in [2.24, 2.45) is 5.41 Å². The van der Waals surface area contributed by atoms with E-state index < -0.39 is 45.7 Å². The minimum absolute atomic E-state index is 0.0499. The fraction of sp³-hybridized carbons (Fsp3) is 0.200. The van der Waals surface area contributed by atoms with Crippen molar-refractivity contribution in [2.75, 3.05) is 4.90 Å². The smallest absolute Gasteiger partial charge is 0.300 e. The van der Waals surface area contributed by atoms with E-state index >= 15 is 0 Å². The Morgan fingerprint density at radius 2 is 1.58 bits per heavy atom. The summed E-state index contributed by atoms with van der Waals surface area (Å²) in [7, 11) is 0. The maximum absolute atomic E-state index is 14.0. The van der Waals surface area contributed by atoms with Crippen LogP contribution in [0.5, 0.6) is 5.75 Å². The van der Waals surface area contributed by atoms with Gasteiger partial charge in [0, 0.05) is 17.7 Å². The second-order valence-corrected chi connectivity index (χ2v) is 10.7. The van der Waals surface area contributed by atoms with E-state index in [1.165, 1.54) is 18.2 Å². The van der Waals surface area contributed by atoms with E-state index in [1.54, 1.807) is 30.3 Å². The monoisotopic (exact) mass is 508 g/mol. The number of Topliss-reactive ketones (excluding diaryl/α,β-unsaturated/α-hetero) is 2. The maximum atomic E-state index is 14.0. The molecule has 6 rings (SSSR count). The normalized spacial score (nSPS) is 23.9. The van der Waals surface area contributed by atoms with E-state index in [9.17, 15) is 29.4 Å². The third-order valence-electron chi connectivity index (χ3n) is 7.56. The van der Waals surface area contributed by atoms with Gasteiger partial charge in [0.05, 0.1) is 16.8 Å². The average molecular weight is 509 g/mol. The summed E-state index contributed by atoms with van der Waals surface area (Å²) in [6, 6.07) is 18.1. The molecule has 3 aromatic rings. The zero-order chi connectivity index (χ0) is 27.0. The van der Waals surface area contributed by atoms with Gasteiger partial charge < -0.3 is 15.5 Å². The van der Waals surface area contributed by atoms with Crippen molar-refractivity contribution in [1.29, 1.82) is 0 Å². The molecule has 3 N–H and O–H groups in total. The molecule has 1 saturated heterocycles. The van der Waals surface area contributed by atoms with Crippen molar-refractivity contribution < 1.29 is 29.4 Å². The van der Waals surface area contributed by atoms with Crippen molar-refractivity contribution in [1.82, 2.24) is 5.32 Å². The first-order chi connectivity index (χ1) is 18.1. The molecule has 190 valence electrons. The van der Waals surface area contributed by atoms with Gasteiger partial charge in [-0.2, -0.15) is 0 Å². The Morgan fingerprint density at radius 1 is 0.895 bits per heavy atom. The Morgan fingerprint density at radius 3 is 2.34 bits per heavy atom. The SMILES string of the molecule is CC1(C)CC(=O)C2=C(C1)NC(=O)C21C(=C(O)c2cccc3ccccc23)C(=O)C(=O)N1c1ccccc1O. The number of rotatable bonds is 2. The number of carbonyl (C=O) groups excluding carboxylic acids is 4. The number of aromatic hydroxyl groups is 1. The van der Waals surface area contributed by atoms with Crippen molar-refractivity contribution >= 4 is 45.6 Å². The summed E-state index contributed by atoms with van der Waals surface area (Å²) in [5.41, 5.74) is -2.87. The first kappa shape index (κ1) is 23.7. The number of hydrogen-bond acceptors (Lipinski definition) is 6. The van der Waals surface area contributed by atoms with E-state index in [4.69, 9.17) is 0 Å². The number of allylic oxidation sites excluding steroid dienone is 1. The topological polar surface area (TPSA) is 124 Å². The van der Waals surface area contributed by atoms with Gasteiger partial charge in [0.25, 0.3) is 11.7 Å². The summed E-state index contributed by atoms with van der Waals surface area (Å²) in [6.07, 6.45) is 0.392. The Balaban J connectivity index is 1.74. The number of amides is 2. The summed E-state index contributed by atoms with van der Waals surface area (Å²) in [5, 5.41) is 26.6. The minimum atomic E-state index is -2.28. The zero-order valence-corrected chi connectivity index (χ0v) is 20.7. The number of nitrogens with one attached hydrogen (secondary N) is 1. The van der Waals surface area contributed by atoms with Gasteiger partial charge in [-0.15, -0.1) is 0 Å². The van der Waals surface area contributed by atoms with Gasteiger partial charge in [0.15, 0.2) is 11.3 Å². The molecular weight excluding hydrogens is 484 g/mol. The summed E-state index contributed by atoms with van der Waals surface area (Å²) in [4.78, 5) is 56.1. The highest BCUT2D eigenvalue weighted by molar-refractivity contribution is 6.56. The molecule has 1 unspecified atom stereocenters. The van der Waals surface area contributed by atoms with E-state index in [0.717, 1.165) is 10.3 Å². The van der Waals surface area contributed by atoms with Crippen LogP contribution in [0.2, 0.25) is 0 Å². The number of anilines is 1. The van der Waals surface area contributed by atoms with E-state index in [-0.39, 0.29) is 29.0 Å². The lowest BCUT2D eigenvalue weighted by Crippen LogP contribution is -2.56. The standard InChI is InChI=1S/C30H24N2O6/c1-29(2)14-19-23(22(34)15-29)30(28(38)31-19)24(25(35)18-11-7-9-16-8-3-4-10-17(16)18)26(36)27(37)32(30)20-12-5-6-13-21(20)33/h3-13,33,35H,14-15H2,1-2H3,(H,31,38). The van der Waals surface area contributed by atoms with E-state index in [1.807, 2.05) is 32.0 Å². The molecule has 0 radical (unpaired) electrons. The van der Waals surface area contributed by atoms with Gasteiger partial charge in [-0.1, -0.05) is 68.4 Å². The molecule has 8 heteroatoms. The van der Waals surface area contributed by atoms with Crippen molar-refractivity contribution in [3.05, 3.63) is 89.1 Å². The minimum Gasteiger partial charge on any atom is -0.507 e. The van der Waals surface area contributed by atoms with Crippen LogP contribution in [-0.2, 0) is 19.2 Å². The number of aliphatic hydroxyl groups is 1. The Bertz CT molecular complexity index is 1680. The second-order valence-electron chi connectivity index (χ2n) is 10.7. The summed E-state index contributed by atoms with van der Waals surface area (Å²) < 4.78 is 0. The number of nitrogens with zero attached hydrogens (tertiary/aromatic N) is 1. The molecule has 1 aliphatic carbocycles. The van der Waals surface area contributed by atoms with E-state index in [0.29, 0.717) is 17.5 Å². The van der Waals surface area contributed by atoms with Crippen LogP contribution in [0.15, 0.2) is 83.6 Å². The lowest BCUT2D eigenvalue weighted by molar-refractivity contribution is -0.132. The molecule has 2 amide bonds. The van der Waals surface area contributed by atoms with Crippen LogP contribution >= 0.6 is 0 Å². The molecule has 1 atom stereocenters. The van der Waals surface area contributed by atoms with Gasteiger partial charge in [0.2, 0.25) is 0 Å². The molecule has 0 aromatic heterocycles. The lowest BCUT2D eigenvalue weighted by atomic mass is 9.70. The fourth-order valence-corrected chi connectivity index (χ4v) is 6.07. The van der Waals surface area contributed by atoms with Crippen LogP contribution in [0.25, 0.3) is 16.5 Å². The quantitative estimate of drug-likeness (QED) is 0.274. The number of carbonyl (C=O) groups is 4. The summed E-state index contributed by atoms with van der Waals surface area (Å²) in [6.45, 7) is 3.78. The van der Waals surface area contributed by atoms with Gasteiger partial charge in [0.1, 0.15) is 11.5 Å². The van der Waals surface area contributed by atoms with Crippen LogP contribution in [-0.4, -0.2) is 39.1 Å². The number of phenolic OH excluding ortho intramolecular Hbond substituents is 1. The first-order valence-corrected chi connectivity index (χ1v) is 12.2. The molecule has 8 nitrogen and oxygen atoms in total. The number of ketones is 2. The van der Waals surface area contributed by atoms with Crippen molar-refractivity contribution in [2.45, 2.75) is 32.2 Å². The molecule has 1 spiro atoms. The van der Waals surface area contributed by atoms with Gasteiger partial charge in [-0.25, -0.2) is 0 Å². The lowest BCUT2D eigenvalue weighted by Gasteiger charge is -2.37. The molecule has 0 bridgehead atoms. The Hall–Kier alpha value is -4.72. The number of para-hydroxylation sites is 2. The van der Waals surface area contributed by atoms with Gasteiger partial charge in [-0.3, -0.25) is 24.1 Å². The number of fused-ring (bicyclic) bond motifs is 2. The molecular formula is C30H24N2O6. The van der Waals surface area contributed by atoms with E-state index in [2.05, 4.69) is 5.32 Å². The third kappa shape index (κ3) is 3.03. The van der Waals surface area contributed by atoms with Gasteiger partial charge >= 0.3 is 5.91 Å². The Labute approximate surface area is 217 Å². The van der Waals surface area contributed by atoms with Crippen LogP contribution < -0.4 is 10.2 Å². The van der Waals surface area contributed by atoms with Crippen LogP contribution in [0.1, 0.15) is 32.3 Å². The fourth-order valence-electron chi connectivity index (χ4n) is 6.07. The van der Waals surface area contributed by atoms with Crippen LogP contribution in [0, 0.1) is 5.41 Å². The predicted molar refractivity (Wildman–Crippen MR) is 140 cm³/mol. The van der Waals surface area contributed by atoms with Crippen LogP contribution in [0.4, 0.5) is 5.69 Å². The van der Waals surface area contributed by atoms with Crippen molar-refractivity contribution in [3.63, 3.8) is 0 Å². The maximum Gasteiger partial charge on any atom is 0.300 e. The van der Waals surface area contributed by atoms with Crippen molar-refractivity contribution in [3.8, 4) is 5.75 Å². The molecule has 2 aliphatic heterocycles. The third-order valence-corrected chi connectivity index (χ3v) is 7.56. The number of hydrogen-bond donors (Lipinski definition) is 3. The molecule has 3 aromatic carbocycles. The second kappa shape index (κ2) is 7.89. The first-order valence-electron chi connectivity index (χ1n) is 12.2. The highest BCUT2D eigenvalue weighted by atomic mass is 16.3. The molecule has 0 saturated carbocycles. The summed E-state index contributed by atoms with van der Waals surface area (Å²) >= 11 is 0. The zero-order valence-electron chi connectivity index (χ0n) is 20.7. The number of phenols is 1. The van der Waals surface area contributed by atoms with Gasteiger partial charge in [-0.05, 0) is 34.7 Å². The molecule has 3 aliphatic rings. The average Bonchev–Trinajstić information content (AvgIpc) is 3.27. The molecule has 2 heterocycles. The number of aliphatic hydroxyl groups excluding tert-OH is 1. The number of benzene rings is 3. The molecule has 38 heavy (non-hydrogen) atoms. The van der Waals surface area contributed by atoms with Crippen LogP contribution in [0.3, 0.4) is 0 Å². The Kier molecular flexibility index (Phi) is 4.91. The highest BCUT2D eigenvalue weighted by Gasteiger charge is 2.69. The summed E-state index contributed by atoms with van der Waals surface area (Å²) in [5.74, 6) is -4.41.